The molecule has 0 spiro atoms. The standard InChI is InChI=1S/C34H38N6O4/c1-23-9-11-24(12-10-23)18-35-33(42)30-31(44-22-26-7-5-4-6-8-26)34(43)40-20-27(38(3)19-25-13-14-25)17-28(32(40)36-30)39-16-15-37(2)21-29(39)41/h4-12,17,20,25H,13-16,18-19,21-22H2,1-3H3,(H,35,42). The highest BCUT2D eigenvalue weighted by Crippen LogP contribution is 2.33. The van der Waals surface area contributed by atoms with Crippen molar-refractivity contribution in [2.75, 3.05) is 50.1 Å². The highest BCUT2D eigenvalue weighted by Gasteiger charge is 2.30. The summed E-state index contributed by atoms with van der Waals surface area (Å²) in [6, 6.07) is 19.2. The molecule has 0 unspecified atom stereocenters. The van der Waals surface area contributed by atoms with Crippen LogP contribution in [0.5, 0.6) is 5.75 Å². The lowest BCUT2D eigenvalue weighted by Gasteiger charge is -2.33. The van der Waals surface area contributed by atoms with E-state index in [0.29, 0.717) is 24.7 Å². The molecule has 1 N–H and O–H groups in total. The van der Waals surface area contributed by atoms with Crippen molar-refractivity contribution in [1.29, 1.82) is 0 Å². The molecule has 1 aliphatic carbocycles. The van der Waals surface area contributed by atoms with Gasteiger partial charge >= 0.3 is 5.56 Å². The van der Waals surface area contributed by atoms with Gasteiger partial charge in [-0.3, -0.25) is 23.7 Å². The van der Waals surface area contributed by atoms with E-state index in [9.17, 15) is 14.4 Å². The van der Waals surface area contributed by atoms with Gasteiger partial charge in [-0.2, -0.15) is 0 Å². The van der Waals surface area contributed by atoms with E-state index >= 15 is 0 Å². The number of amides is 2. The minimum Gasteiger partial charge on any atom is -0.481 e. The molecule has 1 aliphatic heterocycles. The van der Waals surface area contributed by atoms with Crippen LogP contribution in [-0.4, -0.2) is 66.4 Å². The molecular formula is C34H38N6O4. The summed E-state index contributed by atoms with van der Waals surface area (Å²) in [5.74, 6) is -0.139. The summed E-state index contributed by atoms with van der Waals surface area (Å²) >= 11 is 0. The summed E-state index contributed by atoms with van der Waals surface area (Å²) in [7, 11) is 3.90. The van der Waals surface area contributed by atoms with Crippen LogP contribution >= 0.6 is 0 Å². The van der Waals surface area contributed by atoms with Crippen LogP contribution in [-0.2, 0) is 17.9 Å². The minimum absolute atomic E-state index is 0.0904. The number of hydrogen-bond donors (Lipinski definition) is 1. The number of nitrogens with one attached hydrogen (secondary N) is 1. The monoisotopic (exact) mass is 594 g/mol. The Morgan fingerprint density at radius 2 is 1.80 bits per heavy atom. The van der Waals surface area contributed by atoms with Gasteiger partial charge in [-0.15, -0.1) is 0 Å². The molecule has 4 aromatic rings. The van der Waals surface area contributed by atoms with Crippen LogP contribution in [0.1, 0.15) is 40.0 Å². The van der Waals surface area contributed by atoms with E-state index in [0.717, 1.165) is 28.9 Å². The predicted octanol–water partition coefficient (Wildman–Crippen LogP) is 3.64. The van der Waals surface area contributed by atoms with Crippen molar-refractivity contribution < 1.29 is 14.3 Å². The van der Waals surface area contributed by atoms with Crippen LogP contribution in [0.15, 0.2) is 71.7 Å². The highest BCUT2D eigenvalue weighted by atomic mass is 16.5. The van der Waals surface area contributed by atoms with Gasteiger partial charge in [0.15, 0.2) is 11.3 Å². The molecule has 44 heavy (non-hydrogen) atoms. The number of ether oxygens (including phenoxy) is 1. The normalized spacial score (nSPS) is 15.4. The first-order chi connectivity index (χ1) is 21.3. The third-order valence-electron chi connectivity index (χ3n) is 8.24. The maximum absolute atomic E-state index is 14.3. The van der Waals surface area contributed by atoms with E-state index in [-0.39, 0.29) is 42.7 Å². The summed E-state index contributed by atoms with van der Waals surface area (Å²) in [6.07, 6.45) is 4.10. The summed E-state index contributed by atoms with van der Waals surface area (Å²) < 4.78 is 7.52. The number of benzene rings is 2. The van der Waals surface area contributed by atoms with Crippen LogP contribution in [0.4, 0.5) is 11.4 Å². The van der Waals surface area contributed by atoms with Crippen molar-refractivity contribution in [3.63, 3.8) is 0 Å². The number of carbonyl (C=O) groups is 2. The van der Waals surface area contributed by atoms with E-state index in [1.54, 1.807) is 11.1 Å². The molecular weight excluding hydrogens is 556 g/mol. The van der Waals surface area contributed by atoms with Gasteiger partial charge in [0.05, 0.1) is 17.9 Å². The highest BCUT2D eigenvalue weighted by molar-refractivity contribution is 6.00. The molecule has 228 valence electrons. The lowest BCUT2D eigenvalue weighted by Crippen LogP contribution is -2.49. The van der Waals surface area contributed by atoms with Gasteiger partial charge in [-0.05, 0) is 49.9 Å². The fraction of sp³-hybridized carbons (Fsp3) is 0.353. The number of carbonyl (C=O) groups excluding carboxylic acids is 2. The summed E-state index contributed by atoms with van der Waals surface area (Å²) in [5.41, 5.74) is 3.81. The lowest BCUT2D eigenvalue weighted by molar-refractivity contribution is -0.120. The molecule has 10 heteroatoms. The maximum Gasteiger partial charge on any atom is 0.301 e. The lowest BCUT2D eigenvalue weighted by atomic mass is 10.1. The van der Waals surface area contributed by atoms with Gasteiger partial charge in [0.2, 0.25) is 11.7 Å². The number of piperazine rings is 1. The SMILES string of the molecule is Cc1ccc(CNC(=O)c2nc3c(N4CCN(C)CC4=O)cc(N(C)CC4CC4)cn3c(=O)c2OCc2ccccc2)cc1. The van der Waals surface area contributed by atoms with E-state index in [2.05, 4.69) is 10.2 Å². The second kappa shape index (κ2) is 12.5. The zero-order valence-corrected chi connectivity index (χ0v) is 25.5. The molecule has 2 aromatic carbocycles. The molecule has 2 aliphatic rings. The largest absolute Gasteiger partial charge is 0.481 e. The van der Waals surface area contributed by atoms with Crippen molar-refractivity contribution in [3.05, 3.63) is 99.6 Å². The van der Waals surface area contributed by atoms with Crippen molar-refractivity contribution in [2.45, 2.75) is 32.9 Å². The van der Waals surface area contributed by atoms with Crippen LogP contribution in [0.25, 0.3) is 5.65 Å². The number of fused-ring (bicyclic) bond motifs is 1. The van der Waals surface area contributed by atoms with E-state index in [1.807, 2.05) is 86.6 Å². The summed E-state index contributed by atoms with van der Waals surface area (Å²) in [5, 5.41) is 2.91. The Morgan fingerprint density at radius 3 is 2.50 bits per heavy atom. The minimum atomic E-state index is -0.529. The van der Waals surface area contributed by atoms with Crippen molar-refractivity contribution >= 4 is 28.8 Å². The predicted molar refractivity (Wildman–Crippen MR) is 170 cm³/mol. The molecule has 10 nitrogen and oxygen atoms in total. The number of nitrogens with zero attached hydrogens (tertiary/aromatic N) is 5. The Kier molecular flexibility index (Phi) is 8.34. The van der Waals surface area contributed by atoms with E-state index in [1.165, 1.54) is 17.2 Å². The van der Waals surface area contributed by atoms with Crippen LogP contribution in [0, 0.1) is 12.8 Å². The topological polar surface area (TPSA) is 99.5 Å². The maximum atomic E-state index is 14.3. The van der Waals surface area contributed by atoms with Crippen molar-refractivity contribution in [1.82, 2.24) is 19.6 Å². The van der Waals surface area contributed by atoms with Gasteiger partial charge < -0.3 is 19.9 Å². The quantitative estimate of drug-likeness (QED) is 0.299. The van der Waals surface area contributed by atoms with Gasteiger partial charge in [-0.25, -0.2) is 4.98 Å². The molecule has 2 amide bonds. The third kappa shape index (κ3) is 6.45. The van der Waals surface area contributed by atoms with Gasteiger partial charge in [-0.1, -0.05) is 60.2 Å². The smallest absolute Gasteiger partial charge is 0.301 e. The Morgan fingerprint density at radius 1 is 1.05 bits per heavy atom. The fourth-order valence-corrected chi connectivity index (χ4v) is 5.42. The number of hydrogen-bond acceptors (Lipinski definition) is 7. The average molecular weight is 595 g/mol. The first kappa shape index (κ1) is 29.4. The first-order valence-electron chi connectivity index (χ1n) is 15.1. The number of likely N-dealkylation sites (N-methyl/N-ethyl adjacent to an activating group) is 1. The Balaban J connectivity index is 1.46. The molecule has 1 saturated heterocycles. The van der Waals surface area contributed by atoms with Gasteiger partial charge in [0.1, 0.15) is 6.61 Å². The van der Waals surface area contributed by atoms with Gasteiger partial charge in [0.25, 0.3) is 5.91 Å². The molecule has 3 heterocycles. The van der Waals surface area contributed by atoms with Crippen molar-refractivity contribution in [2.24, 2.45) is 5.92 Å². The Labute approximate surface area is 256 Å². The Bertz CT molecular complexity index is 1730. The van der Waals surface area contributed by atoms with Crippen LogP contribution < -0.4 is 25.4 Å². The second-order valence-electron chi connectivity index (χ2n) is 11.9. The molecule has 6 rings (SSSR count). The Hall–Kier alpha value is -4.70. The third-order valence-corrected chi connectivity index (χ3v) is 8.24. The zero-order chi connectivity index (χ0) is 30.8. The van der Waals surface area contributed by atoms with Gasteiger partial charge in [0, 0.05) is 39.4 Å². The second-order valence-corrected chi connectivity index (χ2v) is 11.9. The first-order valence-corrected chi connectivity index (χ1v) is 15.1. The number of aryl methyl sites for hydroxylation is 1. The van der Waals surface area contributed by atoms with Crippen molar-refractivity contribution in [3.8, 4) is 5.75 Å². The number of pyridine rings is 1. The molecule has 0 bridgehead atoms. The fourth-order valence-electron chi connectivity index (χ4n) is 5.42. The van der Waals surface area contributed by atoms with Crippen LogP contribution in [0.2, 0.25) is 0 Å². The number of anilines is 2. The molecule has 2 aromatic heterocycles. The molecule has 2 fully saturated rings. The molecule has 1 saturated carbocycles. The number of aromatic nitrogens is 2. The van der Waals surface area contributed by atoms with E-state index < -0.39 is 11.5 Å². The molecule has 0 atom stereocenters. The summed E-state index contributed by atoms with van der Waals surface area (Å²) in [6.45, 7) is 4.56. The number of rotatable bonds is 10. The van der Waals surface area contributed by atoms with Crippen LogP contribution in [0.3, 0.4) is 0 Å². The average Bonchev–Trinajstić information content (AvgIpc) is 3.84. The summed E-state index contributed by atoms with van der Waals surface area (Å²) in [4.78, 5) is 51.8. The molecule has 0 radical (unpaired) electrons. The zero-order valence-electron chi connectivity index (χ0n) is 25.5. The van der Waals surface area contributed by atoms with E-state index in [4.69, 9.17) is 9.72 Å².